The molecule has 0 fully saturated rings. The van der Waals surface area contributed by atoms with Crippen LogP contribution in [0.5, 0.6) is 0 Å². The van der Waals surface area contributed by atoms with Crippen LogP contribution >= 0.6 is 12.2 Å². The Labute approximate surface area is 141 Å². The molecule has 0 saturated carbocycles. The van der Waals surface area contributed by atoms with Crippen LogP contribution in [0.2, 0.25) is 0 Å². The Morgan fingerprint density at radius 2 is 2.04 bits per heavy atom. The molecule has 5 nitrogen and oxygen atoms in total. The molecule has 0 aliphatic rings. The van der Waals surface area contributed by atoms with Gasteiger partial charge in [-0.05, 0) is 37.4 Å². The summed E-state index contributed by atoms with van der Waals surface area (Å²) in [5.74, 6) is 0. The van der Waals surface area contributed by atoms with E-state index in [0.717, 1.165) is 25.0 Å². The SMILES string of the molecule is CCN(CC)CCNC(=S)OCc1cc2ccccc2oc1=O. The Bertz CT molecular complexity index is 710. The van der Waals surface area contributed by atoms with E-state index in [1.54, 1.807) is 12.1 Å². The van der Waals surface area contributed by atoms with E-state index < -0.39 is 5.63 Å². The van der Waals surface area contributed by atoms with Crippen molar-refractivity contribution in [1.82, 2.24) is 10.2 Å². The molecule has 124 valence electrons. The number of para-hydroxylation sites is 1. The van der Waals surface area contributed by atoms with Gasteiger partial charge in [0.15, 0.2) is 0 Å². The number of hydrogen-bond donors (Lipinski definition) is 1. The summed E-state index contributed by atoms with van der Waals surface area (Å²) in [6.07, 6.45) is 0. The van der Waals surface area contributed by atoms with E-state index in [-0.39, 0.29) is 6.61 Å². The minimum atomic E-state index is -0.394. The van der Waals surface area contributed by atoms with Crippen LogP contribution in [0.25, 0.3) is 11.0 Å². The maximum atomic E-state index is 11.9. The molecule has 1 aromatic heterocycles. The van der Waals surface area contributed by atoms with Gasteiger partial charge in [-0.1, -0.05) is 32.0 Å². The molecule has 0 unspecified atom stereocenters. The summed E-state index contributed by atoms with van der Waals surface area (Å²) in [6, 6.07) is 9.16. The topological polar surface area (TPSA) is 54.7 Å². The summed E-state index contributed by atoms with van der Waals surface area (Å²) in [4.78, 5) is 14.2. The highest BCUT2D eigenvalue weighted by atomic mass is 32.1. The highest BCUT2D eigenvalue weighted by molar-refractivity contribution is 7.80. The van der Waals surface area contributed by atoms with E-state index in [2.05, 4.69) is 24.1 Å². The zero-order valence-electron chi connectivity index (χ0n) is 13.5. The van der Waals surface area contributed by atoms with Crippen molar-refractivity contribution in [2.24, 2.45) is 0 Å². The average Bonchev–Trinajstić information content (AvgIpc) is 2.57. The van der Waals surface area contributed by atoms with Crippen molar-refractivity contribution in [2.75, 3.05) is 26.2 Å². The van der Waals surface area contributed by atoms with E-state index in [1.807, 2.05) is 18.2 Å². The maximum absolute atomic E-state index is 11.9. The predicted molar refractivity (Wildman–Crippen MR) is 95.7 cm³/mol. The molecule has 0 bridgehead atoms. The number of nitrogens with one attached hydrogen (secondary N) is 1. The first-order chi connectivity index (χ1) is 11.1. The second kappa shape index (κ2) is 8.64. The van der Waals surface area contributed by atoms with E-state index in [4.69, 9.17) is 21.4 Å². The fourth-order valence-corrected chi connectivity index (χ4v) is 2.42. The smallest absolute Gasteiger partial charge is 0.342 e. The summed E-state index contributed by atoms with van der Waals surface area (Å²) < 4.78 is 10.7. The van der Waals surface area contributed by atoms with Crippen molar-refractivity contribution in [3.63, 3.8) is 0 Å². The lowest BCUT2D eigenvalue weighted by molar-refractivity contribution is 0.271. The number of hydrogen-bond acceptors (Lipinski definition) is 5. The summed E-state index contributed by atoms with van der Waals surface area (Å²) in [5, 5.41) is 4.21. The lowest BCUT2D eigenvalue weighted by Crippen LogP contribution is -2.35. The third-order valence-corrected chi connectivity index (χ3v) is 3.93. The highest BCUT2D eigenvalue weighted by Crippen LogP contribution is 2.12. The van der Waals surface area contributed by atoms with Gasteiger partial charge in [-0.25, -0.2) is 4.79 Å². The monoisotopic (exact) mass is 334 g/mol. The van der Waals surface area contributed by atoms with Crippen LogP contribution < -0.4 is 10.9 Å². The summed E-state index contributed by atoms with van der Waals surface area (Å²) in [6.45, 7) is 7.97. The van der Waals surface area contributed by atoms with Gasteiger partial charge in [0, 0.05) is 18.5 Å². The number of nitrogens with zero attached hydrogens (tertiary/aromatic N) is 1. The third kappa shape index (κ3) is 5.04. The predicted octanol–water partition coefficient (Wildman–Crippen LogP) is 2.53. The van der Waals surface area contributed by atoms with Crippen LogP contribution in [-0.4, -0.2) is 36.3 Å². The summed E-state index contributed by atoms with van der Waals surface area (Å²) in [5.41, 5.74) is 0.632. The van der Waals surface area contributed by atoms with Gasteiger partial charge in [-0.3, -0.25) is 0 Å². The molecule has 1 aromatic carbocycles. The highest BCUT2D eigenvalue weighted by Gasteiger charge is 2.07. The van der Waals surface area contributed by atoms with E-state index in [1.165, 1.54) is 0 Å². The molecule has 0 saturated heterocycles. The molecule has 0 atom stereocenters. The van der Waals surface area contributed by atoms with Crippen LogP contribution in [0.3, 0.4) is 0 Å². The Hall–Kier alpha value is -1.92. The Kier molecular flexibility index (Phi) is 6.55. The molecular formula is C17H22N2O3S. The van der Waals surface area contributed by atoms with Gasteiger partial charge < -0.3 is 19.4 Å². The molecule has 0 radical (unpaired) electrons. The molecule has 6 heteroatoms. The first-order valence-electron chi connectivity index (χ1n) is 7.78. The number of benzene rings is 1. The van der Waals surface area contributed by atoms with Crippen molar-refractivity contribution in [3.05, 3.63) is 46.3 Å². The van der Waals surface area contributed by atoms with Crippen LogP contribution in [0.1, 0.15) is 19.4 Å². The number of likely N-dealkylation sites (N-methyl/N-ethyl adjacent to an activating group) is 1. The third-order valence-electron chi connectivity index (χ3n) is 3.66. The molecule has 2 aromatic rings. The maximum Gasteiger partial charge on any atom is 0.342 e. The lowest BCUT2D eigenvalue weighted by atomic mass is 10.2. The van der Waals surface area contributed by atoms with Crippen LogP contribution in [-0.2, 0) is 11.3 Å². The summed E-state index contributed by atoms with van der Waals surface area (Å²) in [7, 11) is 0. The standard InChI is InChI=1S/C17H22N2O3S/c1-3-19(4-2)10-9-18-17(23)21-12-14-11-13-7-5-6-8-15(13)22-16(14)20/h5-8,11H,3-4,9-10,12H2,1-2H3,(H,18,23). The molecule has 1 heterocycles. The molecule has 0 aliphatic carbocycles. The first-order valence-corrected chi connectivity index (χ1v) is 8.19. The number of fused-ring (bicyclic) bond motifs is 1. The van der Waals surface area contributed by atoms with Gasteiger partial charge in [0.25, 0.3) is 5.17 Å². The second-order valence-electron chi connectivity index (χ2n) is 5.13. The van der Waals surface area contributed by atoms with Gasteiger partial charge in [0.2, 0.25) is 0 Å². The van der Waals surface area contributed by atoms with Gasteiger partial charge in [-0.15, -0.1) is 0 Å². The number of rotatable bonds is 7. The quantitative estimate of drug-likeness (QED) is 0.620. The summed E-state index contributed by atoms with van der Waals surface area (Å²) >= 11 is 5.13. The van der Waals surface area contributed by atoms with Gasteiger partial charge >= 0.3 is 5.63 Å². The number of thiocarbonyl (C=S) groups is 1. The van der Waals surface area contributed by atoms with Crippen LogP contribution in [0.15, 0.2) is 39.5 Å². The Morgan fingerprint density at radius 1 is 1.30 bits per heavy atom. The molecular weight excluding hydrogens is 312 g/mol. The zero-order valence-corrected chi connectivity index (χ0v) is 14.3. The fraction of sp³-hybridized carbons (Fsp3) is 0.412. The lowest BCUT2D eigenvalue weighted by Gasteiger charge is -2.18. The van der Waals surface area contributed by atoms with Gasteiger partial charge in [-0.2, -0.15) is 0 Å². The number of ether oxygens (including phenoxy) is 1. The van der Waals surface area contributed by atoms with Crippen molar-refractivity contribution in [2.45, 2.75) is 20.5 Å². The van der Waals surface area contributed by atoms with E-state index >= 15 is 0 Å². The molecule has 1 N–H and O–H groups in total. The minimum absolute atomic E-state index is 0.101. The minimum Gasteiger partial charge on any atom is -0.466 e. The normalized spacial score (nSPS) is 10.9. The first kappa shape index (κ1) is 17.4. The molecule has 2 rings (SSSR count). The fourth-order valence-electron chi connectivity index (χ4n) is 2.26. The largest absolute Gasteiger partial charge is 0.466 e. The van der Waals surface area contributed by atoms with Crippen molar-refractivity contribution in [3.8, 4) is 0 Å². The van der Waals surface area contributed by atoms with Gasteiger partial charge in [0.05, 0.1) is 5.56 Å². The Morgan fingerprint density at radius 3 is 2.78 bits per heavy atom. The van der Waals surface area contributed by atoms with Crippen molar-refractivity contribution in [1.29, 1.82) is 0 Å². The van der Waals surface area contributed by atoms with Crippen LogP contribution in [0, 0.1) is 0 Å². The van der Waals surface area contributed by atoms with E-state index in [9.17, 15) is 4.79 Å². The second-order valence-corrected chi connectivity index (χ2v) is 5.50. The van der Waals surface area contributed by atoms with Gasteiger partial charge in [0.1, 0.15) is 12.2 Å². The van der Waals surface area contributed by atoms with Crippen molar-refractivity contribution < 1.29 is 9.15 Å². The van der Waals surface area contributed by atoms with Crippen LogP contribution in [0.4, 0.5) is 0 Å². The van der Waals surface area contributed by atoms with E-state index in [0.29, 0.717) is 22.9 Å². The Balaban J connectivity index is 1.87. The molecule has 0 amide bonds. The zero-order chi connectivity index (χ0) is 16.7. The molecule has 0 spiro atoms. The molecule has 0 aliphatic heterocycles. The average molecular weight is 334 g/mol. The van der Waals surface area contributed by atoms with Crippen molar-refractivity contribution >= 4 is 28.4 Å². The molecule has 23 heavy (non-hydrogen) atoms.